The predicted octanol–water partition coefficient (Wildman–Crippen LogP) is 5.67. The van der Waals surface area contributed by atoms with Gasteiger partial charge in [-0.1, -0.05) is 6.07 Å². The molecule has 0 saturated carbocycles. The molecule has 1 heterocycles. The lowest BCUT2D eigenvalue weighted by Crippen LogP contribution is -2.21. The molecule has 1 aromatic heterocycles. The highest BCUT2D eigenvalue weighted by Gasteiger charge is 2.38. The number of carbonyl (C=O) groups excluding carboxylic acids is 1. The van der Waals surface area contributed by atoms with Crippen LogP contribution in [0.5, 0.6) is 17.4 Å². The third-order valence-electron chi connectivity index (χ3n) is 4.63. The number of amides is 1. The number of halogens is 3. The number of alkyl halides is 3. The van der Waals surface area contributed by atoms with Gasteiger partial charge in [-0.05, 0) is 68.8 Å². The lowest BCUT2D eigenvalue weighted by Gasteiger charge is -2.16. The summed E-state index contributed by atoms with van der Waals surface area (Å²) >= 11 is 0. The Balaban J connectivity index is 2.00. The van der Waals surface area contributed by atoms with Crippen LogP contribution < -0.4 is 14.8 Å². The Labute approximate surface area is 200 Å². The van der Waals surface area contributed by atoms with Crippen LogP contribution in [0, 0.1) is 11.7 Å². The second kappa shape index (κ2) is 9.90. The van der Waals surface area contributed by atoms with E-state index in [9.17, 15) is 22.2 Å². The number of hydrogen-bond donors (Lipinski definition) is 2. The van der Waals surface area contributed by atoms with Crippen molar-refractivity contribution in [3.8, 4) is 17.4 Å². The van der Waals surface area contributed by atoms with E-state index in [1.807, 2.05) is 13.8 Å². The van der Waals surface area contributed by atoms with Crippen molar-refractivity contribution >= 4 is 21.3 Å². The summed E-state index contributed by atoms with van der Waals surface area (Å²) in [5, 5.41) is 9.23. The van der Waals surface area contributed by atoms with E-state index >= 15 is 0 Å². The number of hydrogen-bond acceptors (Lipinski definition) is 7. The van der Waals surface area contributed by atoms with Crippen LogP contribution in [0.2, 0.25) is 0 Å². The van der Waals surface area contributed by atoms with Crippen molar-refractivity contribution in [2.75, 3.05) is 11.6 Å². The Hall–Kier alpha value is -3.67. The highest BCUT2D eigenvalue weighted by atomic mass is 32.2. The largest absolute Gasteiger partial charge is 0.491 e. The molecule has 0 aliphatic heterocycles. The Morgan fingerprint density at radius 2 is 1.71 bits per heavy atom. The van der Waals surface area contributed by atoms with Crippen LogP contribution in [-0.4, -0.2) is 32.7 Å². The van der Waals surface area contributed by atoms with Gasteiger partial charge in [-0.3, -0.25) is 4.79 Å². The first kappa shape index (κ1) is 25.9. The normalized spacial score (nSPS) is 13.3. The van der Waals surface area contributed by atoms with Crippen LogP contribution in [0.1, 0.15) is 35.5 Å². The summed E-state index contributed by atoms with van der Waals surface area (Å²) in [6, 6.07) is 11.9. The lowest BCUT2D eigenvalue weighted by atomic mass is 10.1. The summed E-state index contributed by atoms with van der Waals surface area (Å²) in [7, 11) is -3.08. The van der Waals surface area contributed by atoms with Crippen molar-refractivity contribution < 1.29 is 31.6 Å². The number of nitrogens with one attached hydrogen (secondary N) is 2. The molecular formula is C23H23F3N4O4S. The zero-order valence-corrected chi connectivity index (χ0v) is 20.1. The average Bonchev–Trinajstić information content (AvgIpc) is 2.73. The lowest BCUT2D eigenvalue weighted by molar-refractivity contribution is -0.142. The van der Waals surface area contributed by atoms with Crippen molar-refractivity contribution in [1.82, 2.24) is 10.2 Å². The van der Waals surface area contributed by atoms with Gasteiger partial charge in [-0.25, -0.2) is 8.99 Å². The Kier molecular flexibility index (Phi) is 7.34. The molecule has 2 N–H and O–H groups in total. The monoisotopic (exact) mass is 508 g/mol. The van der Waals surface area contributed by atoms with Crippen LogP contribution in [0.25, 0.3) is 0 Å². The summed E-state index contributed by atoms with van der Waals surface area (Å²) in [6.07, 6.45) is -3.70. The molecule has 1 atom stereocenters. The van der Waals surface area contributed by atoms with Crippen LogP contribution >= 0.6 is 0 Å². The van der Waals surface area contributed by atoms with E-state index in [2.05, 4.69) is 15.5 Å². The zero-order valence-electron chi connectivity index (χ0n) is 19.3. The molecule has 0 bridgehead atoms. The Morgan fingerprint density at radius 1 is 1.09 bits per heavy atom. The molecule has 0 radical (unpaired) electrons. The van der Waals surface area contributed by atoms with Crippen molar-refractivity contribution in [3.63, 3.8) is 0 Å². The number of ether oxygens (including phenoxy) is 2. The third kappa shape index (κ3) is 6.47. The van der Waals surface area contributed by atoms with Gasteiger partial charge in [0.2, 0.25) is 0 Å². The van der Waals surface area contributed by atoms with Gasteiger partial charge in [-0.2, -0.15) is 13.2 Å². The molecule has 3 aromatic rings. The highest BCUT2D eigenvalue weighted by molar-refractivity contribution is 7.91. The quantitative estimate of drug-likeness (QED) is 0.425. The van der Waals surface area contributed by atoms with Gasteiger partial charge in [0.1, 0.15) is 17.1 Å². The SMILES string of the molecule is Cc1c(C(F)(F)F)nnc(Oc2ccc(OC(C)C)cc2)c1C(=O)Nc1cccc(S(C)(=N)=O)c1. The Morgan fingerprint density at radius 3 is 2.29 bits per heavy atom. The van der Waals surface area contributed by atoms with E-state index < -0.39 is 44.5 Å². The van der Waals surface area contributed by atoms with Crippen molar-refractivity contribution in [2.45, 2.75) is 37.9 Å². The van der Waals surface area contributed by atoms with Gasteiger partial charge in [-0.15, -0.1) is 10.2 Å². The first-order valence-corrected chi connectivity index (χ1v) is 12.3. The average molecular weight is 509 g/mol. The smallest absolute Gasteiger partial charge is 0.435 e. The fraction of sp³-hybridized carbons (Fsp3) is 0.261. The van der Waals surface area contributed by atoms with Gasteiger partial charge in [0.25, 0.3) is 11.8 Å². The summed E-state index contributed by atoms with van der Waals surface area (Å²) < 4.78 is 71.3. The molecule has 1 amide bonds. The van der Waals surface area contributed by atoms with E-state index in [0.29, 0.717) is 5.75 Å². The second-order valence-corrected chi connectivity index (χ2v) is 10.1. The summed E-state index contributed by atoms with van der Waals surface area (Å²) in [6.45, 7) is 4.81. The Bertz CT molecular complexity index is 1340. The summed E-state index contributed by atoms with van der Waals surface area (Å²) in [5.41, 5.74) is -2.13. The van der Waals surface area contributed by atoms with Gasteiger partial charge < -0.3 is 14.8 Å². The number of nitrogens with zero attached hydrogens (tertiary/aromatic N) is 2. The van der Waals surface area contributed by atoms with Crippen molar-refractivity contribution in [2.24, 2.45) is 0 Å². The van der Waals surface area contributed by atoms with Crippen LogP contribution in [0.4, 0.5) is 18.9 Å². The fourth-order valence-corrected chi connectivity index (χ4v) is 3.78. The van der Waals surface area contributed by atoms with E-state index in [0.717, 1.165) is 6.92 Å². The van der Waals surface area contributed by atoms with Crippen LogP contribution in [-0.2, 0) is 15.9 Å². The molecule has 35 heavy (non-hydrogen) atoms. The first-order chi connectivity index (χ1) is 16.3. The molecule has 0 aliphatic carbocycles. The van der Waals surface area contributed by atoms with Gasteiger partial charge in [0.15, 0.2) is 5.69 Å². The minimum absolute atomic E-state index is 0.0601. The molecule has 0 spiro atoms. The first-order valence-electron chi connectivity index (χ1n) is 10.3. The maximum absolute atomic E-state index is 13.5. The number of benzene rings is 2. The highest BCUT2D eigenvalue weighted by Crippen LogP contribution is 2.35. The second-order valence-electron chi connectivity index (χ2n) is 7.92. The maximum Gasteiger partial charge on any atom is 0.435 e. The fourth-order valence-electron chi connectivity index (χ4n) is 3.09. The van der Waals surface area contributed by atoms with Crippen molar-refractivity contribution in [3.05, 3.63) is 65.4 Å². The topological polar surface area (TPSA) is 114 Å². The minimum atomic E-state index is -4.85. The molecule has 0 fully saturated rings. The molecule has 8 nitrogen and oxygen atoms in total. The van der Waals surface area contributed by atoms with E-state index in [-0.39, 0.29) is 22.4 Å². The van der Waals surface area contributed by atoms with Gasteiger partial charge in [0, 0.05) is 16.8 Å². The van der Waals surface area contributed by atoms with Gasteiger partial charge in [0.05, 0.1) is 15.8 Å². The minimum Gasteiger partial charge on any atom is -0.491 e. The van der Waals surface area contributed by atoms with E-state index in [4.69, 9.17) is 14.3 Å². The van der Waals surface area contributed by atoms with E-state index in [1.54, 1.807) is 12.1 Å². The summed E-state index contributed by atoms with van der Waals surface area (Å²) in [4.78, 5) is 13.2. The number of anilines is 1. The molecule has 0 saturated heterocycles. The molecule has 0 aliphatic rings. The summed E-state index contributed by atoms with van der Waals surface area (Å²) in [5.74, 6) is -0.615. The zero-order chi connectivity index (χ0) is 26.0. The molecule has 186 valence electrons. The number of carbonyl (C=O) groups is 1. The van der Waals surface area contributed by atoms with Gasteiger partial charge >= 0.3 is 6.18 Å². The predicted molar refractivity (Wildman–Crippen MR) is 123 cm³/mol. The molecule has 2 aromatic carbocycles. The molecular weight excluding hydrogens is 485 g/mol. The number of rotatable bonds is 7. The molecule has 3 rings (SSSR count). The number of aromatic nitrogens is 2. The maximum atomic E-state index is 13.5. The van der Waals surface area contributed by atoms with E-state index in [1.165, 1.54) is 42.7 Å². The molecule has 12 heteroatoms. The third-order valence-corrected chi connectivity index (χ3v) is 5.79. The van der Waals surface area contributed by atoms with Crippen molar-refractivity contribution in [1.29, 1.82) is 4.78 Å². The van der Waals surface area contributed by atoms with Crippen LogP contribution in [0.3, 0.4) is 0 Å². The molecule has 1 unspecified atom stereocenters. The standard InChI is InChI=1S/C23H23F3N4O4S/c1-13(2)33-16-8-10-17(11-9-16)34-22-19(14(3)20(29-30-22)23(24,25)26)21(31)28-15-6-5-7-18(12-15)35(4,27)32/h5-13,27H,1-4H3,(H,28,31). The van der Waals surface area contributed by atoms with Crippen LogP contribution in [0.15, 0.2) is 53.4 Å².